The molecule has 1 amide bonds. The Bertz CT molecular complexity index is 702. The maximum atomic E-state index is 11.8. The van der Waals surface area contributed by atoms with Crippen LogP contribution in [0.5, 0.6) is 11.5 Å². The van der Waals surface area contributed by atoms with Gasteiger partial charge in [0.05, 0.1) is 16.9 Å². The summed E-state index contributed by atoms with van der Waals surface area (Å²) in [6.45, 7) is 0. The maximum Gasteiger partial charge on any atom is 0.240 e. The number of rotatable bonds is 6. The molecule has 2 N–H and O–H groups in total. The summed E-state index contributed by atoms with van der Waals surface area (Å²) in [6.07, 6.45) is 2.56. The van der Waals surface area contributed by atoms with Crippen molar-refractivity contribution in [2.24, 2.45) is 5.10 Å². The number of hydrogen-bond donors (Lipinski definition) is 2. The summed E-state index contributed by atoms with van der Waals surface area (Å²) in [6, 6.07) is 13.2. The van der Waals surface area contributed by atoms with E-state index < -0.39 is 0 Å². The smallest absolute Gasteiger partial charge is 0.240 e. The van der Waals surface area contributed by atoms with E-state index in [9.17, 15) is 9.90 Å². The molecule has 0 aromatic heterocycles. The van der Waals surface area contributed by atoms with E-state index in [4.69, 9.17) is 4.74 Å². The number of benzene rings is 2. The molecule has 0 aliphatic rings. The lowest BCUT2D eigenvalue weighted by molar-refractivity contribution is -0.121. The quantitative estimate of drug-likeness (QED) is 0.426. The lowest BCUT2D eigenvalue weighted by atomic mass is 10.1. The normalized spacial score (nSPS) is 10.7. The van der Waals surface area contributed by atoms with Crippen molar-refractivity contribution in [2.45, 2.75) is 12.8 Å². The zero-order valence-electron chi connectivity index (χ0n) is 12.6. The van der Waals surface area contributed by atoms with Gasteiger partial charge < -0.3 is 9.84 Å². The van der Waals surface area contributed by atoms with Gasteiger partial charge in [0.2, 0.25) is 5.91 Å². The SMILES string of the molecule is COc1cc(/C=N\NC(=O)CCc2ccccc2)cc(I)c1O. The molecule has 0 saturated heterocycles. The number of nitrogens with one attached hydrogen (secondary N) is 1. The number of nitrogens with zero attached hydrogens (tertiary/aromatic N) is 1. The van der Waals surface area contributed by atoms with Crippen LogP contribution >= 0.6 is 22.6 Å². The summed E-state index contributed by atoms with van der Waals surface area (Å²) in [5.74, 6) is 0.316. The van der Waals surface area contributed by atoms with Crippen molar-refractivity contribution in [3.8, 4) is 11.5 Å². The second kappa shape index (κ2) is 8.52. The van der Waals surface area contributed by atoms with Gasteiger partial charge in [-0.1, -0.05) is 30.3 Å². The van der Waals surface area contributed by atoms with E-state index >= 15 is 0 Å². The van der Waals surface area contributed by atoms with E-state index in [0.29, 0.717) is 22.2 Å². The number of amides is 1. The first kappa shape index (κ1) is 17.3. The van der Waals surface area contributed by atoms with Gasteiger partial charge in [-0.25, -0.2) is 5.43 Å². The van der Waals surface area contributed by atoms with Gasteiger partial charge in [0.25, 0.3) is 0 Å². The molecule has 120 valence electrons. The summed E-state index contributed by atoms with van der Waals surface area (Å²) in [5.41, 5.74) is 4.34. The Balaban J connectivity index is 1.89. The molecule has 0 fully saturated rings. The van der Waals surface area contributed by atoms with E-state index in [1.165, 1.54) is 13.3 Å². The molecule has 5 nitrogen and oxygen atoms in total. The Kier molecular flexibility index (Phi) is 6.40. The zero-order chi connectivity index (χ0) is 16.7. The number of halogens is 1. The third kappa shape index (κ3) is 5.24. The third-order valence-electron chi connectivity index (χ3n) is 3.16. The number of methoxy groups -OCH3 is 1. The van der Waals surface area contributed by atoms with Crippen molar-refractivity contribution < 1.29 is 14.6 Å². The minimum Gasteiger partial charge on any atom is -0.504 e. The average Bonchev–Trinajstić information content (AvgIpc) is 2.57. The third-order valence-corrected chi connectivity index (χ3v) is 3.98. The lowest BCUT2D eigenvalue weighted by Gasteiger charge is -2.06. The first-order valence-corrected chi connectivity index (χ1v) is 8.10. The first-order valence-electron chi connectivity index (χ1n) is 7.02. The van der Waals surface area contributed by atoms with Crippen LogP contribution in [0.1, 0.15) is 17.5 Å². The molecule has 0 aliphatic carbocycles. The standard InChI is InChI=1S/C17H17IN2O3/c1-23-15-10-13(9-14(18)17(15)22)11-19-20-16(21)8-7-12-5-3-2-4-6-12/h2-6,9-11,22H,7-8H2,1H3,(H,20,21)/b19-11-. The van der Waals surface area contributed by atoms with Gasteiger partial charge in [0, 0.05) is 6.42 Å². The summed E-state index contributed by atoms with van der Waals surface area (Å²) >= 11 is 2.00. The van der Waals surface area contributed by atoms with E-state index in [1.807, 2.05) is 52.9 Å². The van der Waals surface area contributed by atoms with Gasteiger partial charge in [-0.15, -0.1) is 0 Å². The van der Waals surface area contributed by atoms with Gasteiger partial charge >= 0.3 is 0 Å². The molecule has 0 bridgehead atoms. The minimum atomic E-state index is -0.148. The fourth-order valence-corrected chi connectivity index (χ4v) is 2.59. The van der Waals surface area contributed by atoms with Crippen LogP contribution in [0, 0.1) is 3.57 Å². The molecule has 6 heteroatoms. The molecule has 0 aliphatic heterocycles. The number of hydrogen-bond acceptors (Lipinski definition) is 4. The van der Waals surface area contributed by atoms with Crippen LogP contribution in [0.4, 0.5) is 0 Å². The monoisotopic (exact) mass is 424 g/mol. The van der Waals surface area contributed by atoms with E-state index in [-0.39, 0.29) is 11.7 Å². The van der Waals surface area contributed by atoms with Crippen LogP contribution < -0.4 is 10.2 Å². The maximum absolute atomic E-state index is 11.8. The van der Waals surface area contributed by atoms with Crippen LogP contribution in [-0.4, -0.2) is 24.3 Å². The summed E-state index contributed by atoms with van der Waals surface area (Å²) in [4.78, 5) is 11.8. The van der Waals surface area contributed by atoms with Crippen LogP contribution in [0.15, 0.2) is 47.6 Å². The summed E-state index contributed by atoms with van der Waals surface area (Å²) in [7, 11) is 1.48. The summed E-state index contributed by atoms with van der Waals surface area (Å²) in [5, 5.41) is 13.7. The van der Waals surface area contributed by atoms with Gasteiger partial charge in [0.1, 0.15) is 0 Å². The molecule has 0 spiro atoms. The number of aryl methyl sites for hydroxylation is 1. The summed E-state index contributed by atoms with van der Waals surface area (Å²) < 4.78 is 5.73. The zero-order valence-corrected chi connectivity index (χ0v) is 14.8. The Hall–Kier alpha value is -2.09. The van der Waals surface area contributed by atoms with Gasteiger partial charge in [-0.3, -0.25) is 4.79 Å². The van der Waals surface area contributed by atoms with Gasteiger partial charge in [0.15, 0.2) is 11.5 Å². The van der Waals surface area contributed by atoms with E-state index in [1.54, 1.807) is 12.1 Å². The average molecular weight is 424 g/mol. The second-order valence-electron chi connectivity index (χ2n) is 4.83. The Morgan fingerprint density at radius 3 is 2.78 bits per heavy atom. The predicted molar refractivity (Wildman–Crippen MR) is 97.9 cm³/mol. The second-order valence-corrected chi connectivity index (χ2v) is 5.99. The van der Waals surface area contributed by atoms with Crippen molar-refractivity contribution in [3.05, 3.63) is 57.2 Å². The fourth-order valence-electron chi connectivity index (χ4n) is 1.96. The van der Waals surface area contributed by atoms with E-state index in [0.717, 1.165) is 11.1 Å². The molecular formula is C17H17IN2O3. The lowest BCUT2D eigenvalue weighted by Crippen LogP contribution is -2.17. The highest BCUT2D eigenvalue weighted by Crippen LogP contribution is 2.31. The topological polar surface area (TPSA) is 70.9 Å². The number of carbonyl (C=O) groups excluding carboxylic acids is 1. The molecule has 0 unspecified atom stereocenters. The highest BCUT2D eigenvalue weighted by atomic mass is 127. The number of aromatic hydroxyl groups is 1. The van der Waals surface area contributed by atoms with Crippen LogP contribution in [0.2, 0.25) is 0 Å². The van der Waals surface area contributed by atoms with Crippen molar-refractivity contribution in [1.29, 1.82) is 0 Å². The molecule has 2 aromatic rings. The Morgan fingerprint density at radius 1 is 1.35 bits per heavy atom. The fraction of sp³-hybridized carbons (Fsp3) is 0.176. The largest absolute Gasteiger partial charge is 0.504 e. The molecule has 2 rings (SSSR count). The van der Waals surface area contributed by atoms with Crippen molar-refractivity contribution in [1.82, 2.24) is 5.43 Å². The number of hydrazone groups is 1. The highest BCUT2D eigenvalue weighted by molar-refractivity contribution is 14.1. The Labute approximate surface area is 148 Å². The number of phenols is 1. The molecule has 23 heavy (non-hydrogen) atoms. The molecule has 0 atom stereocenters. The van der Waals surface area contributed by atoms with E-state index in [2.05, 4.69) is 10.5 Å². The number of carbonyl (C=O) groups is 1. The molecule has 0 radical (unpaired) electrons. The first-order chi connectivity index (χ1) is 11.1. The number of ether oxygens (including phenoxy) is 1. The van der Waals surface area contributed by atoms with Crippen molar-refractivity contribution in [3.63, 3.8) is 0 Å². The predicted octanol–water partition coefficient (Wildman–Crippen LogP) is 3.09. The molecule has 0 heterocycles. The van der Waals surface area contributed by atoms with Gasteiger partial charge in [-0.2, -0.15) is 5.10 Å². The molecular weight excluding hydrogens is 407 g/mol. The van der Waals surface area contributed by atoms with Crippen molar-refractivity contribution in [2.75, 3.05) is 7.11 Å². The molecule has 2 aromatic carbocycles. The minimum absolute atomic E-state index is 0.0946. The number of phenolic OH excluding ortho intramolecular Hbond substituents is 1. The van der Waals surface area contributed by atoms with Crippen LogP contribution in [-0.2, 0) is 11.2 Å². The highest BCUT2D eigenvalue weighted by Gasteiger charge is 2.07. The molecule has 0 saturated carbocycles. The van der Waals surface area contributed by atoms with Gasteiger partial charge in [-0.05, 0) is 52.3 Å². The Morgan fingerprint density at radius 2 is 2.09 bits per heavy atom. The van der Waals surface area contributed by atoms with Crippen LogP contribution in [0.3, 0.4) is 0 Å². The van der Waals surface area contributed by atoms with Crippen molar-refractivity contribution >= 4 is 34.7 Å². The van der Waals surface area contributed by atoms with Crippen LogP contribution in [0.25, 0.3) is 0 Å².